The molecule has 0 fully saturated rings. The van der Waals surface area contributed by atoms with Gasteiger partial charge in [-0.05, 0) is 28.5 Å². The van der Waals surface area contributed by atoms with Gasteiger partial charge >= 0.3 is 0 Å². The number of amides is 1. The molecule has 0 spiro atoms. The zero-order valence-corrected chi connectivity index (χ0v) is 14.9. The molecule has 0 aliphatic rings. The number of thiazole rings is 1. The van der Waals surface area contributed by atoms with Crippen molar-refractivity contribution in [1.82, 2.24) is 4.57 Å². The molecule has 3 aromatic carbocycles. The van der Waals surface area contributed by atoms with Gasteiger partial charge in [0.25, 0.3) is 5.91 Å². The second-order valence-corrected chi connectivity index (χ2v) is 6.97. The average molecular weight is 356 g/mol. The molecule has 4 aromatic rings. The van der Waals surface area contributed by atoms with Crippen molar-refractivity contribution in [2.45, 2.75) is 13.0 Å². The molecule has 0 atom stereocenters. The van der Waals surface area contributed by atoms with Crippen LogP contribution in [0.15, 0.2) is 71.7 Å². The normalized spacial score (nSPS) is 11.7. The van der Waals surface area contributed by atoms with Crippen LogP contribution in [0.2, 0.25) is 0 Å². The Bertz CT molecular complexity index is 1220. The van der Waals surface area contributed by atoms with Gasteiger partial charge in [0, 0.05) is 0 Å². The molecular weight excluding hydrogens is 340 g/mol. The fraction of sp³-hybridized carbons (Fsp3) is 0.0909. The standard InChI is InChI=1S/C22H16N2OS/c1-2-14-24-19-12-5-6-13-20(19)26-22(24)23-21(25)15-17-10-7-9-16-8-3-4-11-18(16)17/h1,3-13H,14-15H2. The van der Waals surface area contributed by atoms with E-state index < -0.39 is 0 Å². The summed E-state index contributed by atoms with van der Waals surface area (Å²) in [5.41, 5.74) is 1.99. The Morgan fingerprint density at radius 3 is 2.69 bits per heavy atom. The van der Waals surface area contributed by atoms with E-state index in [9.17, 15) is 4.79 Å². The lowest BCUT2D eigenvalue weighted by atomic mass is 10.0. The molecule has 1 amide bonds. The van der Waals surface area contributed by atoms with E-state index >= 15 is 0 Å². The number of aromatic nitrogens is 1. The zero-order valence-electron chi connectivity index (χ0n) is 14.1. The van der Waals surface area contributed by atoms with Crippen LogP contribution in [0.5, 0.6) is 0 Å². The molecule has 0 bridgehead atoms. The fourth-order valence-corrected chi connectivity index (χ4v) is 4.15. The Balaban J connectivity index is 1.74. The van der Waals surface area contributed by atoms with Crippen LogP contribution in [-0.2, 0) is 17.8 Å². The van der Waals surface area contributed by atoms with Crippen molar-refractivity contribution in [2.75, 3.05) is 0 Å². The van der Waals surface area contributed by atoms with Gasteiger partial charge in [0.15, 0.2) is 4.80 Å². The topological polar surface area (TPSA) is 34.4 Å². The van der Waals surface area contributed by atoms with Crippen LogP contribution < -0.4 is 4.80 Å². The summed E-state index contributed by atoms with van der Waals surface area (Å²) in [6.07, 6.45) is 5.77. The van der Waals surface area contributed by atoms with E-state index in [1.807, 2.05) is 71.3 Å². The molecule has 126 valence electrons. The van der Waals surface area contributed by atoms with Gasteiger partial charge in [0.05, 0.1) is 23.2 Å². The first kappa shape index (κ1) is 16.3. The minimum absolute atomic E-state index is 0.168. The molecule has 0 aliphatic carbocycles. The molecule has 0 saturated heterocycles. The van der Waals surface area contributed by atoms with Crippen molar-refractivity contribution in [3.05, 3.63) is 77.1 Å². The quantitative estimate of drug-likeness (QED) is 0.508. The number of benzene rings is 3. The molecule has 0 unspecified atom stereocenters. The van der Waals surface area contributed by atoms with Gasteiger partial charge in [-0.25, -0.2) is 0 Å². The van der Waals surface area contributed by atoms with E-state index in [1.165, 1.54) is 11.3 Å². The summed E-state index contributed by atoms with van der Waals surface area (Å²) in [7, 11) is 0. The lowest BCUT2D eigenvalue weighted by Crippen LogP contribution is -2.17. The van der Waals surface area contributed by atoms with Crippen molar-refractivity contribution in [3.63, 3.8) is 0 Å². The Morgan fingerprint density at radius 2 is 1.81 bits per heavy atom. The molecule has 0 N–H and O–H groups in total. The number of nitrogens with zero attached hydrogens (tertiary/aromatic N) is 2. The highest BCUT2D eigenvalue weighted by molar-refractivity contribution is 7.16. The number of terminal acetylenes is 1. The summed E-state index contributed by atoms with van der Waals surface area (Å²) >= 11 is 1.49. The Hall–Kier alpha value is -3.16. The molecule has 1 heterocycles. The molecule has 0 saturated carbocycles. The summed E-state index contributed by atoms with van der Waals surface area (Å²) in [6.45, 7) is 0.393. The summed E-state index contributed by atoms with van der Waals surface area (Å²) in [5, 5.41) is 2.22. The summed E-state index contributed by atoms with van der Waals surface area (Å²) in [4.78, 5) is 17.6. The van der Waals surface area contributed by atoms with E-state index in [-0.39, 0.29) is 12.3 Å². The first-order valence-electron chi connectivity index (χ1n) is 8.32. The van der Waals surface area contributed by atoms with Crippen LogP contribution in [0.1, 0.15) is 5.56 Å². The number of hydrogen-bond acceptors (Lipinski definition) is 2. The van der Waals surface area contributed by atoms with Gasteiger partial charge in [-0.1, -0.05) is 71.9 Å². The van der Waals surface area contributed by atoms with Crippen LogP contribution in [0.4, 0.5) is 0 Å². The van der Waals surface area contributed by atoms with Crippen molar-refractivity contribution in [1.29, 1.82) is 0 Å². The van der Waals surface area contributed by atoms with Crippen molar-refractivity contribution >= 4 is 38.2 Å². The average Bonchev–Trinajstić information content (AvgIpc) is 3.00. The van der Waals surface area contributed by atoms with E-state index in [0.717, 1.165) is 26.6 Å². The zero-order chi connectivity index (χ0) is 17.9. The lowest BCUT2D eigenvalue weighted by molar-refractivity contribution is -0.117. The molecule has 0 radical (unpaired) electrons. The lowest BCUT2D eigenvalue weighted by Gasteiger charge is -2.04. The molecule has 26 heavy (non-hydrogen) atoms. The molecule has 3 nitrogen and oxygen atoms in total. The van der Waals surface area contributed by atoms with Gasteiger partial charge in [-0.15, -0.1) is 6.42 Å². The van der Waals surface area contributed by atoms with Crippen LogP contribution in [0, 0.1) is 12.3 Å². The van der Waals surface area contributed by atoms with E-state index in [1.54, 1.807) is 0 Å². The minimum Gasteiger partial charge on any atom is -0.305 e. The van der Waals surface area contributed by atoms with Crippen LogP contribution in [0.25, 0.3) is 21.0 Å². The maximum Gasteiger partial charge on any atom is 0.252 e. The van der Waals surface area contributed by atoms with Crippen molar-refractivity contribution in [2.24, 2.45) is 4.99 Å². The second-order valence-electron chi connectivity index (χ2n) is 5.96. The minimum atomic E-state index is -0.168. The largest absolute Gasteiger partial charge is 0.305 e. The Kier molecular flexibility index (Phi) is 4.39. The van der Waals surface area contributed by atoms with E-state index in [0.29, 0.717) is 11.3 Å². The van der Waals surface area contributed by atoms with Gasteiger partial charge < -0.3 is 4.57 Å². The highest BCUT2D eigenvalue weighted by Crippen LogP contribution is 2.20. The first-order valence-corrected chi connectivity index (χ1v) is 9.14. The first-order chi connectivity index (χ1) is 12.8. The van der Waals surface area contributed by atoms with Crippen molar-refractivity contribution < 1.29 is 4.79 Å². The van der Waals surface area contributed by atoms with Crippen LogP contribution in [0.3, 0.4) is 0 Å². The predicted molar refractivity (Wildman–Crippen MR) is 107 cm³/mol. The maximum absolute atomic E-state index is 12.6. The summed E-state index contributed by atoms with van der Waals surface area (Å²) in [5.74, 6) is 2.48. The molecule has 0 aliphatic heterocycles. The summed E-state index contributed by atoms with van der Waals surface area (Å²) in [6, 6.07) is 22.0. The van der Waals surface area contributed by atoms with Gasteiger partial charge in [-0.3, -0.25) is 4.79 Å². The number of para-hydroxylation sites is 1. The van der Waals surface area contributed by atoms with Crippen LogP contribution >= 0.6 is 11.3 Å². The number of carbonyl (C=O) groups is 1. The number of fused-ring (bicyclic) bond motifs is 2. The smallest absolute Gasteiger partial charge is 0.252 e. The predicted octanol–water partition coefficient (Wildman–Crippen LogP) is 4.16. The number of rotatable bonds is 3. The number of carbonyl (C=O) groups excluding carboxylic acids is 1. The van der Waals surface area contributed by atoms with Gasteiger partial charge in [-0.2, -0.15) is 4.99 Å². The van der Waals surface area contributed by atoms with Gasteiger partial charge in [0.2, 0.25) is 0 Å². The van der Waals surface area contributed by atoms with E-state index in [2.05, 4.69) is 10.9 Å². The van der Waals surface area contributed by atoms with Crippen molar-refractivity contribution in [3.8, 4) is 12.3 Å². The third-order valence-electron chi connectivity index (χ3n) is 4.28. The fourth-order valence-electron chi connectivity index (χ4n) is 3.11. The monoisotopic (exact) mass is 356 g/mol. The second kappa shape index (κ2) is 6.99. The molecular formula is C22H16N2OS. The highest BCUT2D eigenvalue weighted by Gasteiger charge is 2.09. The molecule has 4 heteroatoms. The van der Waals surface area contributed by atoms with Gasteiger partial charge in [0.1, 0.15) is 0 Å². The SMILES string of the molecule is C#CCn1c(=NC(=O)Cc2cccc3ccccc23)sc2ccccc21. The van der Waals surface area contributed by atoms with E-state index in [4.69, 9.17) is 6.42 Å². The third-order valence-corrected chi connectivity index (χ3v) is 5.34. The number of hydrogen-bond donors (Lipinski definition) is 0. The Labute approximate surface area is 155 Å². The maximum atomic E-state index is 12.6. The highest BCUT2D eigenvalue weighted by atomic mass is 32.1. The molecule has 4 rings (SSSR count). The third kappa shape index (κ3) is 3.05. The summed E-state index contributed by atoms with van der Waals surface area (Å²) < 4.78 is 2.99. The Morgan fingerprint density at radius 1 is 1.04 bits per heavy atom. The molecule has 1 aromatic heterocycles. The van der Waals surface area contributed by atoms with Crippen LogP contribution in [-0.4, -0.2) is 10.5 Å².